The van der Waals surface area contributed by atoms with E-state index in [4.69, 9.17) is 4.74 Å². The van der Waals surface area contributed by atoms with Crippen molar-refractivity contribution in [2.75, 3.05) is 20.2 Å². The lowest BCUT2D eigenvalue weighted by atomic mass is 10.1. The van der Waals surface area contributed by atoms with Gasteiger partial charge in [0.2, 0.25) is 0 Å². The van der Waals surface area contributed by atoms with Crippen molar-refractivity contribution in [2.45, 2.75) is 44.6 Å². The molecule has 0 bridgehead atoms. The molecule has 5 nitrogen and oxygen atoms in total. The van der Waals surface area contributed by atoms with E-state index in [0.29, 0.717) is 23.9 Å². The molecule has 1 aliphatic rings. The molecule has 1 aromatic rings. The molecule has 0 saturated heterocycles. The summed E-state index contributed by atoms with van der Waals surface area (Å²) >= 11 is 0. The second-order valence-electron chi connectivity index (χ2n) is 5.47. The summed E-state index contributed by atoms with van der Waals surface area (Å²) in [7, 11) is 1.54. The molecule has 1 saturated carbocycles. The van der Waals surface area contributed by atoms with Crippen LogP contribution in [-0.4, -0.2) is 37.1 Å². The summed E-state index contributed by atoms with van der Waals surface area (Å²) in [6.45, 7) is 1.44. The standard InChI is InChI=1S/C16H25N3O2/c1-21-15-12-17-9-8-14(15)16(20)19-11-10-18-13-6-4-2-3-5-7-13/h8-9,12-13,18H,2-7,10-11H2,1H3,(H,19,20). The topological polar surface area (TPSA) is 63.2 Å². The smallest absolute Gasteiger partial charge is 0.255 e. The van der Waals surface area contributed by atoms with Crippen LogP contribution < -0.4 is 15.4 Å². The van der Waals surface area contributed by atoms with Crippen LogP contribution in [0.2, 0.25) is 0 Å². The zero-order valence-corrected chi connectivity index (χ0v) is 12.7. The first-order valence-electron chi connectivity index (χ1n) is 7.81. The SMILES string of the molecule is COc1cnccc1C(=O)NCCNC1CCCCCC1. The maximum Gasteiger partial charge on any atom is 0.255 e. The Labute approximate surface area is 126 Å². The molecule has 0 radical (unpaired) electrons. The molecule has 1 heterocycles. The zero-order valence-electron chi connectivity index (χ0n) is 12.7. The van der Waals surface area contributed by atoms with Gasteiger partial charge in [0, 0.05) is 25.3 Å². The first kappa shape index (κ1) is 15.8. The van der Waals surface area contributed by atoms with E-state index in [0.717, 1.165) is 6.54 Å². The van der Waals surface area contributed by atoms with E-state index in [9.17, 15) is 4.79 Å². The van der Waals surface area contributed by atoms with E-state index in [-0.39, 0.29) is 5.91 Å². The summed E-state index contributed by atoms with van der Waals surface area (Å²) in [4.78, 5) is 16.0. The molecular formula is C16H25N3O2. The predicted octanol–water partition coefficient (Wildman–Crippen LogP) is 2.13. The molecule has 5 heteroatoms. The molecule has 1 fully saturated rings. The lowest BCUT2D eigenvalue weighted by molar-refractivity contribution is 0.0950. The Morgan fingerprint density at radius 3 is 2.76 bits per heavy atom. The highest BCUT2D eigenvalue weighted by atomic mass is 16.5. The first-order chi connectivity index (χ1) is 10.3. The van der Waals surface area contributed by atoms with Gasteiger partial charge in [-0.2, -0.15) is 0 Å². The molecule has 116 valence electrons. The van der Waals surface area contributed by atoms with Gasteiger partial charge in [0.05, 0.1) is 18.9 Å². The van der Waals surface area contributed by atoms with Crippen molar-refractivity contribution >= 4 is 5.91 Å². The van der Waals surface area contributed by atoms with Gasteiger partial charge in [0.25, 0.3) is 5.91 Å². The van der Waals surface area contributed by atoms with E-state index in [1.54, 1.807) is 25.6 Å². The van der Waals surface area contributed by atoms with Crippen LogP contribution in [0.1, 0.15) is 48.9 Å². The molecule has 1 aromatic heterocycles. The first-order valence-corrected chi connectivity index (χ1v) is 7.81. The summed E-state index contributed by atoms with van der Waals surface area (Å²) in [6.07, 6.45) is 11.0. The number of amides is 1. The molecule has 0 aliphatic heterocycles. The Bertz CT molecular complexity index is 443. The van der Waals surface area contributed by atoms with Gasteiger partial charge in [0.15, 0.2) is 0 Å². The van der Waals surface area contributed by atoms with Gasteiger partial charge in [-0.1, -0.05) is 25.7 Å². The minimum absolute atomic E-state index is 0.114. The number of nitrogens with zero attached hydrogens (tertiary/aromatic N) is 1. The third kappa shape index (κ3) is 5.01. The lowest BCUT2D eigenvalue weighted by Crippen LogP contribution is -2.37. The Hall–Kier alpha value is -1.62. The lowest BCUT2D eigenvalue weighted by Gasteiger charge is -2.16. The van der Waals surface area contributed by atoms with E-state index < -0.39 is 0 Å². The molecule has 1 aliphatic carbocycles. The molecule has 0 atom stereocenters. The normalized spacial score (nSPS) is 16.2. The van der Waals surface area contributed by atoms with Crippen molar-refractivity contribution < 1.29 is 9.53 Å². The fraction of sp³-hybridized carbons (Fsp3) is 0.625. The number of pyridine rings is 1. The van der Waals surface area contributed by atoms with Crippen molar-refractivity contribution in [1.29, 1.82) is 0 Å². The van der Waals surface area contributed by atoms with Crippen molar-refractivity contribution in [3.8, 4) is 5.75 Å². The van der Waals surface area contributed by atoms with Crippen LogP contribution in [0.3, 0.4) is 0 Å². The van der Waals surface area contributed by atoms with Crippen LogP contribution in [0.5, 0.6) is 5.75 Å². The van der Waals surface area contributed by atoms with Crippen LogP contribution in [0, 0.1) is 0 Å². The summed E-state index contributed by atoms with van der Waals surface area (Å²) in [6, 6.07) is 2.28. The highest BCUT2D eigenvalue weighted by Gasteiger charge is 2.13. The van der Waals surface area contributed by atoms with Crippen LogP contribution in [-0.2, 0) is 0 Å². The van der Waals surface area contributed by atoms with Crippen LogP contribution in [0.25, 0.3) is 0 Å². The van der Waals surface area contributed by atoms with E-state index in [1.165, 1.54) is 38.5 Å². The van der Waals surface area contributed by atoms with Crippen LogP contribution in [0.15, 0.2) is 18.5 Å². The average molecular weight is 291 g/mol. The molecule has 2 rings (SSSR count). The summed E-state index contributed by atoms with van der Waals surface area (Å²) < 4.78 is 5.14. The Kier molecular flexibility index (Phi) is 6.47. The number of aromatic nitrogens is 1. The second-order valence-corrected chi connectivity index (χ2v) is 5.47. The van der Waals surface area contributed by atoms with Crippen molar-refractivity contribution in [3.63, 3.8) is 0 Å². The summed E-state index contributed by atoms with van der Waals surface area (Å²) in [5.74, 6) is 0.392. The Morgan fingerprint density at radius 2 is 2.05 bits per heavy atom. The molecule has 1 amide bonds. The zero-order chi connectivity index (χ0) is 14.9. The maximum atomic E-state index is 12.1. The Balaban J connectivity index is 1.71. The molecule has 0 aromatic carbocycles. The van der Waals surface area contributed by atoms with Gasteiger partial charge in [-0.05, 0) is 18.9 Å². The fourth-order valence-corrected chi connectivity index (χ4v) is 2.76. The van der Waals surface area contributed by atoms with E-state index in [1.807, 2.05) is 0 Å². The Morgan fingerprint density at radius 1 is 1.29 bits per heavy atom. The number of hydrogen-bond acceptors (Lipinski definition) is 4. The van der Waals surface area contributed by atoms with Crippen LogP contribution >= 0.6 is 0 Å². The third-order valence-electron chi connectivity index (χ3n) is 3.95. The summed E-state index contributed by atoms with van der Waals surface area (Å²) in [5.41, 5.74) is 0.530. The number of carbonyl (C=O) groups excluding carboxylic acids is 1. The third-order valence-corrected chi connectivity index (χ3v) is 3.95. The predicted molar refractivity (Wildman–Crippen MR) is 82.6 cm³/mol. The molecule has 0 unspecified atom stereocenters. The van der Waals surface area contributed by atoms with Gasteiger partial charge in [-0.25, -0.2) is 0 Å². The number of hydrogen-bond donors (Lipinski definition) is 2. The van der Waals surface area contributed by atoms with Gasteiger partial charge >= 0.3 is 0 Å². The maximum absolute atomic E-state index is 12.1. The van der Waals surface area contributed by atoms with Crippen molar-refractivity contribution in [1.82, 2.24) is 15.6 Å². The van der Waals surface area contributed by atoms with Gasteiger partial charge < -0.3 is 15.4 Å². The second kappa shape index (κ2) is 8.62. The number of methoxy groups -OCH3 is 1. The fourth-order valence-electron chi connectivity index (χ4n) is 2.76. The largest absolute Gasteiger partial charge is 0.494 e. The van der Waals surface area contributed by atoms with Gasteiger partial charge in [-0.15, -0.1) is 0 Å². The van der Waals surface area contributed by atoms with Crippen molar-refractivity contribution in [2.24, 2.45) is 0 Å². The average Bonchev–Trinajstić information content (AvgIpc) is 2.80. The monoisotopic (exact) mass is 291 g/mol. The highest BCUT2D eigenvalue weighted by Crippen LogP contribution is 2.17. The number of ether oxygens (including phenoxy) is 1. The van der Waals surface area contributed by atoms with Gasteiger partial charge in [0.1, 0.15) is 5.75 Å². The number of nitrogens with one attached hydrogen (secondary N) is 2. The highest BCUT2D eigenvalue weighted by molar-refractivity contribution is 5.96. The quantitative estimate of drug-likeness (QED) is 0.622. The van der Waals surface area contributed by atoms with Gasteiger partial charge in [-0.3, -0.25) is 9.78 Å². The molecule has 21 heavy (non-hydrogen) atoms. The number of rotatable bonds is 6. The molecule has 0 spiro atoms. The minimum Gasteiger partial charge on any atom is -0.494 e. The minimum atomic E-state index is -0.114. The summed E-state index contributed by atoms with van der Waals surface area (Å²) in [5, 5.41) is 6.46. The number of carbonyl (C=O) groups is 1. The van der Waals surface area contributed by atoms with Crippen molar-refractivity contribution in [3.05, 3.63) is 24.0 Å². The molecular weight excluding hydrogens is 266 g/mol. The van der Waals surface area contributed by atoms with E-state index >= 15 is 0 Å². The van der Waals surface area contributed by atoms with Crippen LogP contribution in [0.4, 0.5) is 0 Å². The molecule has 2 N–H and O–H groups in total. The van der Waals surface area contributed by atoms with E-state index in [2.05, 4.69) is 15.6 Å².